The lowest BCUT2D eigenvalue weighted by Crippen LogP contribution is -2.37. The van der Waals surface area contributed by atoms with Gasteiger partial charge in [-0.3, -0.25) is 0 Å². The molecule has 22 heavy (non-hydrogen) atoms. The van der Waals surface area contributed by atoms with E-state index in [0.717, 1.165) is 6.04 Å². The molecule has 2 heteroatoms. The van der Waals surface area contributed by atoms with Crippen LogP contribution < -0.4 is 0 Å². The quantitative estimate of drug-likeness (QED) is 0.904. The Morgan fingerprint density at radius 1 is 0.864 bits per heavy atom. The molecule has 1 fully saturated rings. The largest absolute Gasteiger partial charge is 0.508 e. The third-order valence-corrected chi connectivity index (χ3v) is 5.27. The van der Waals surface area contributed by atoms with Crippen molar-refractivity contribution >= 4 is 0 Å². The standard InChI is InChI=1S/C20H23NO/c22-20-9-6-15(7-10-20)16-3-4-18-14-19(8-5-17(18)13-16)21-11-1-2-12-21/h3-4,6-7,9-10,13,19,22H,1-2,5,8,11-12,14H2. The van der Waals surface area contributed by atoms with Gasteiger partial charge in [0, 0.05) is 6.04 Å². The van der Waals surface area contributed by atoms with E-state index in [9.17, 15) is 5.11 Å². The van der Waals surface area contributed by atoms with Crippen LogP contribution in [0.25, 0.3) is 11.1 Å². The Balaban J connectivity index is 1.56. The Bertz CT molecular complexity index is 656. The zero-order valence-electron chi connectivity index (χ0n) is 13.0. The Morgan fingerprint density at radius 2 is 1.59 bits per heavy atom. The molecule has 0 aromatic heterocycles. The van der Waals surface area contributed by atoms with Gasteiger partial charge >= 0.3 is 0 Å². The maximum absolute atomic E-state index is 9.42. The van der Waals surface area contributed by atoms with Crippen LogP contribution in [0.4, 0.5) is 0 Å². The molecule has 2 aromatic rings. The number of benzene rings is 2. The van der Waals surface area contributed by atoms with Crippen LogP contribution in [0.3, 0.4) is 0 Å². The van der Waals surface area contributed by atoms with Gasteiger partial charge in [0.25, 0.3) is 0 Å². The van der Waals surface area contributed by atoms with Gasteiger partial charge in [-0.2, -0.15) is 0 Å². The van der Waals surface area contributed by atoms with Crippen molar-refractivity contribution in [1.29, 1.82) is 0 Å². The van der Waals surface area contributed by atoms with Crippen LogP contribution in [-0.2, 0) is 12.8 Å². The molecule has 1 unspecified atom stereocenters. The molecule has 2 nitrogen and oxygen atoms in total. The predicted molar refractivity (Wildman–Crippen MR) is 90.2 cm³/mol. The number of aromatic hydroxyl groups is 1. The highest BCUT2D eigenvalue weighted by Crippen LogP contribution is 2.31. The molecule has 0 amide bonds. The second-order valence-corrected chi connectivity index (χ2v) is 6.67. The topological polar surface area (TPSA) is 23.5 Å². The maximum Gasteiger partial charge on any atom is 0.115 e. The fourth-order valence-corrected chi connectivity index (χ4v) is 3.99. The molecule has 1 saturated heterocycles. The van der Waals surface area contributed by atoms with Crippen LogP contribution in [-0.4, -0.2) is 29.1 Å². The van der Waals surface area contributed by atoms with E-state index in [-0.39, 0.29) is 0 Å². The van der Waals surface area contributed by atoms with Crippen LogP contribution in [0.15, 0.2) is 42.5 Å². The zero-order valence-corrected chi connectivity index (χ0v) is 13.0. The summed E-state index contributed by atoms with van der Waals surface area (Å²) in [5.41, 5.74) is 5.49. The van der Waals surface area contributed by atoms with Gasteiger partial charge in [0.1, 0.15) is 5.75 Å². The molecule has 1 heterocycles. The van der Waals surface area contributed by atoms with Crippen LogP contribution in [0.2, 0.25) is 0 Å². The third-order valence-electron chi connectivity index (χ3n) is 5.27. The highest BCUT2D eigenvalue weighted by atomic mass is 16.3. The molecule has 0 saturated carbocycles. The molecule has 4 rings (SSSR count). The van der Waals surface area contributed by atoms with Crippen LogP contribution in [0.1, 0.15) is 30.4 Å². The molecule has 1 aliphatic carbocycles. The number of phenols is 1. The first-order chi connectivity index (χ1) is 10.8. The Hall–Kier alpha value is -1.80. The van der Waals surface area contributed by atoms with Gasteiger partial charge in [-0.25, -0.2) is 0 Å². The first-order valence-corrected chi connectivity index (χ1v) is 8.45. The number of rotatable bonds is 2. The second kappa shape index (κ2) is 5.77. The van der Waals surface area contributed by atoms with E-state index in [1.54, 1.807) is 12.1 Å². The molecule has 0 bridgehead atoms. The summed E-state index contributed by atoms with van der Waals surface area (Å²) in [6.45, 7) is 2.59. The maximum atomic E-state index is 9.42. The number of fused-ring (bicyclic) bond motifs is 1. The lowest BCUT2D eigenvalue weighted by Gasteiger charge is -2.32. The number of hydrogen-bond acceptors (Lipinski definition) is 2. The van der Waals surface area contributed by atoms with Crippen molar-refractivity contribution in [3.63, 3.8) is 0 Å². The predicted octanol–water partition coefficient (Wildman–Crippen LogP) is 4.01. The van der Waals surface area contributed by atoms with Gasteiger partial charge in [0.05, 0.1) is 0 Å². The summed E-state index contributed by atoms with van der Waals surface area (Å²) in [6, 6.07) is 15.2. The minimum absolute atomic E-state index is 0.329. The minimum Gasteiger partial charge on any atom is -0.508 e. The summed E-state index contributed by atoms with van der Waals surface area (Å²) in [7, 11) is 0. The summed E-state index contributed by atoms with van der Waals surface area (Å²) in [5, 5.41) is 9.42. The summed E-state index contributed by atoms with van der Waals surface area (Å²) in [5.74, 6) is 0.329. The smallest absolute Gasteiger partial charge is 0.115 e. The fourth-order valence-electron chi connectivity index (χ4n) is 3.99. The van der Waals surface area contributed by atoms with Crippen molar-refractivity contribution in [2.75, 3.05) is 13.1 Å². The van der Waals surface area contributed by atoms with Gasteiger partial charge in [0.15, 0.2) is 0 Å². The van der Waals surface area contributed by atoms with Gasteiger partial charge in [-0.1, -0.05) is 30.3 Å². The third kappa shape index (κ3) is 2.64. The molecule has 1 atom stereocenters. The summed E-state index contributed by atoms with van der Waals surface area (Å²) < 4.78 is 0. The van der Waals surface area contributed by atoms with Crippen molar-refractivity contribution < 1.29 is 5.11 Å². The van der Waals surface area contributed by atoms with E-state index in [0.29, 0.717) is 5.75 Å². The normalized spacial score (nSPS) is 21.7. The molecule has 0 spiro atoms. The summed E-state index contributed by atoms with van der Waals surface area (Å²) in [4.78, 5) is 2.69. The van der Waals surface area contributed by atoms with Crippen molar-refractivity contribution in [3.05, 3.63) is 53.6 Å². The van der Waals surface area contributed by atoms with E-state index >= 15 is 0 Å². The molecular formula is C20H23NO. The lowest BCUT2D eigenvalue weighted by molar-refractivity contribution is 0.222. The average Bonchev–Trinajstić information content (AvgIpc) is 3.09. The van der Waals surface area contributed by atoms with E-state index in [4.69, 9.17) is 0 Å². The first kappa shape index (κ1) is 13.8. The van der Waals surface area contributed by atoms with Crippen LogP contribution in [0.5, 0.6) is 5.75 Å². The number of likely N-dealkylation sites (tertiary alicyclic amines) is 1. The molecule has 2 aromatic carbocycles. The fraction of sp³-hybridized carbons (Fsp3) is 0.400. The van der Waals surface area contributed by atoms with Gasteiger partial charge in [0.2, 0.25) is 0 Å². The Kier molecular flexibility index (Phi) is 3.63. The number of hydrogen-bond donors (Lipinski definition) is 1. The van der Waals surface area contributed by atoms with Crippen molar-refractivity contribution in [1.82, 2.24) is 4.90 Å². The SMILES string of the molecule is Oc1ccc(-c2ccc3c(c2)CCC(N2CCCC2)C3)cc1. The van der Waals surface area contributed by atoms with Gasteiger partial charge in [-0.05, 0) is 79.6 Å². The van der Waals surface area contributed by atoms with Gasteiger partial charge < -0.3 is 10.0 Å². The number of phenolic OH excluding ortho intramolecular Hbond substituents is 1. The number of aryl methyl sites for hydroxylation is 1. The van der Waals surface area contributed by atoms with Crippen molar-refractivity contribution in [3.8, 4) is 16.9 Å². The highest BCUT2D eigenvalue weighted by molar-refractivity contribution is 5.65. The van der Waals surface area contributed by atoms with Crippen LogP contribution in [0, 0.1) is 0 Å². The van der Waals surface area contributed by atoms with Gasteiger partial charge in [-0.15, -0.1) is 0 Å². The molecular weight excluding hydrogens is 270 g/mol. The Morgan fingerprint density at radius 3 is 2.36 bits per heavy atom. The molecule has 0 radical (unpaired) electrons. The zero-order chi connectivity index (χ0) is 14.9. The van der Waals surface area contributed by atoms with E-state index in [1.165, 1.54) is 67.4 Å². The Labute approximate surface area is 132 Å². The summed E-state index contributed by atoms with van der Waals surface area (Å²) >= 11 is 0. The monoisotopic (exact) mass is 293 g/mol. The number of nitrogens with zero attached hydrogens (tertiary/aromatic N) is 1. The van der Waals surface area contributed by atoms with E-state index < -0.39 is 0 Å². The molecule has 1 N–H and O–H groups in total. The average molecular weight is 293 g/mol. The first-order valence-electron chi connectivity index (χ1n) is 8.45. The second-order valence-electron chi connectivity index (χ2n) is 6.67. The minimum atomic E-state index is 0.329. The molecule has 114 valence electrons. The molecule has 1 aliphatic heterocycles. The van der Waals surface area contributed by atoms with Crippen LogP contribution >= 0.6 is 0 Å². The summed E-state index contributed by atoms with van der Waals surface area (Å²) in [6.07, 6.45) is 6.46. The van der Waals surface area contributed by atoms with E-state index in [1.807, 2.05) is 12.1 Å². The van der Waals surface area contributed by atoms with Crippen molar-refractivity contribution in [2.24, 2.45) is 0 Å². The molecule has 2 aliphatic rings. The lowest BCUT2D eigenvalue weighted by atomic mass is 9.85. The van der Waals surface area contributed by atoms with Crippen molar-refractivity contribution in [2.45, 2.75) is 38.1 Å². The van der Waals surface area contributed by atoms with E-state index in [2.05, 4.69) is 23.1 Å². The highest BCUT2D eigenvalue weighted by Gasteiger charge is 2.26.